The molecule has 0 bridgehead atoms. The first-order chi connectivity index (χ1) is 7.70. The van der Waals surface area contributed by atoms with E-state index in [0.717, 1.165) is 0 Å². The third-order valence-electron chi connectivity index (χ3n) is 3.04. The summed E-state index contributed by atoms with van der Waals surface area (Å²) in [6.07, 6.45) is 9.08. The average molecular weight is 228 g/mol. The number of unbranched alkanes of at least 4 members (excludes halogenated alkanes) is 3. The van der Waals surface area contributed by atoms with Crippen molar-refractivity contribution in [1.29, 1.82) is 0 Å². The number of nitrogens with two attached hydrogens (primary N) is 1. The molecule has 0 saturated carbocycles. The highest BCUT2D eigenvalue weighted by Gasteiger charge is 2.03. The molecule has 0 aliphatic rings. The van der Waals surface area contributed by atoms with Gasteiger partial charge < -0.3 is 10.6 Å². The van der Waals surface area contributed by atoms with Crippen LogP contribution in [0.3, 0.4) is 0 Å². The largest absolute Gasteiger partial charge is 0.328 e. The predicted octanol–water partition coefficient (Wildman–Crippen LogP) is 3.41. The normalized spacial score (nSPS) is 13.3. The van der Waals surface area contributed by atoms with E-state index in [2.05, 4.69) is 25.7 Å². The van der Waals surface area contributed by atoms with Crippen LogP contribution in [-0.4, -0.2) is 30.6 Å². The molecule has 2 nitrogen and oxygen atoms in total. The summed E-state index contributed by atoms with van der Waals surface area (Å²) in [4.78, 5) is 2.63. The Morgan fingerprint density at radius 2 is 1.38 bits per heavy atom. The van der Waals surface area contributed by atoms with Gasteiger partial charge in [-0.15, -0.1) is 0 Å². The molecule has 0 radical (unpaired) electrons. The van der Waals surface area contributed by atoms with Gasteiger partial charge in [0.2, 0.25) is 0 Å². The second-order valence-corrected chi connectivity index (χ2v) is 5.02. The van der Waals surface area contributed by atoms with E-state index in [1.54, 1.807) is 0 Å². The first-order valence-corrected chi connectivity index (χ1v) is 7.18. The highest BCUT2D eigenvalue weighted by molar-refractivity contribution is 4.60. The lowest BCUT2D eigenvalue weighted by Crippen LogP contribution is -2.27. The van der Waals surface area contributed by atoms with E-state index in [1.807, 2.05) is 0 Å². The summed E-state index contributed by atoms with van der Waals surface area (Å²) in [5, 5.41) is 0. The first-order valence-electron chi connectivity index (χ1n) is 7.18. The average Bonchev–Trinajstić information content (AvgIpc) is 2.26. The van der Waals surface area contributed by atoms with Crippen molar-refractivity contribution in [2.45, 2.75) is 71.8 Å². The lowest BCUT2D eigenvalue weighted by Gasteiger charge is -2.22. The molecular weight excluding hydrogens is 196 g/mol. The Balaban J connectivity index is 3.56. The SMILES string of the molecule is CCCCN(CCCC)CCCCC(C)N. The van der Waals surface area contributed by atoms with Crippen molar-refractivity contribution in [3.8, 4) is 0 Å². The van der Waals surface area contributed by atoms with E-state index in [-0.39, 0.29) is 0 Å². The monoisotopic (exact) mass is 228 g/mol. The quantitative estimate of drug-likeness (QED) is 0.549. The third kappa shape index (κ3) is 10.4. The van der Waals surface area contributed by atoms with Gasteiger partial charge >= 0.3 is 0 Å². The number of nitrogens with zero attached hydrogens (tertiary/aromatic N) is 1. The first kappa shape index (κ1) is 15.9. The molecule has 0 heterocycles. The van der Waals surface area contributed by atoms with E-state index in [4.69, 9.17) is 5.73 Å². The van der Waals surface area contributed by atoms with Gasteiger partial charge in [0.15, 0.2) is 0 Å². The van der Waals surface area contributed by atoms with Crippen molar-refractivity contribution in [2.24, 2.45) is 5.73 Å². The minimum atomic E-state index is 0.375. The molecule has 2 heteroatoms. The second-order valence-electron chi connectivity index (χ2n) is 5.02. The van der Waals surface area contributed by atoms with E-state index >= 15 is 0 Å². The van der Waals surface area contributed by atoms with Crippen molar-refractivity contribution in [1.82, 2.24) is 4.90 Å². The second kappa shape index (κ2) is 11.4. The van der Waals surface area contributed by atoms with Gasteiger partial charge in [-0.25, -0.2) is 0 Å². The lowest BCUT2D eigenvalue weighted by atomic mass is 10.1. The predicted molar refractivity (Wildman–Crippen MR) is 73.8 cm³/mol. The summed E-state index contributed by atoms with van der Waals surface area (Å²) in [7, 11) is 0. The van der Waals surface area contributed by atoms with Crippen molar-refractivity contribution in [3.05, 3.63) is 0 Å². The van der Waals surface area contributed by atoms with Crippen molar-refractivity contribution < 1.29 is 0 Å². The molecule has 1 unspecified atom stereocenters. The van der Waals surface area contributed by atoms with E-state index in [1.165, 1.54) is 64.6 Å². The highest BCUT2D eigenvalue weighted by Crippen LogP contribution is 2.04. The van der Waals surface area contributed by atoms with Crippen LogP contribution in [0, 0.1) is 0 Å². The molecule has 0 amide bonds. The Hall–Kier alpha value is -0.0800. The number of hydrogen-bond donors (Lipinski definition) is 1. The molecule has 0 fully saturated rings. The van der Waals surface area contributed by atoms with Gasteiger partial charge in [0.05, 0.1) is 0 Å². The van der Waals surface area contributed by atoms with Crippen LogP contribution in [-0.2, 0) is 0 Å². The van der Waals surface area contributed by atoms with Crippen LogP contribution in [0.1, 0.15) is 65.7 Å². The molecular formula is C14H32N2. The van der Waals surface area contributed by atoms with Gasteiger partial charge in [0.1, 0.15) is 0 Å². The van der Waals surface area contributed by atoms with Gasteiger partial charge in [-0.2, -0.15) is 0 Å². The molecule has 2 N–H and O–H groups in total. The van der Waals surface area contributed by atoms with Gasteiger partial charge in [-0.05, 0) is 52.2 Å². The van der Waals surface area contributed by atoms with Crippen molar-refractivity contribution in [2.75, 3.05) is 19.6 Å². The molecule has 0 rings (SSSR count). The maximum Gasteiger partial charge on any atom is 0.00104 e. The Morgan fingerprint density at radius 3 is 1.81 bits per heavy atom. The fourth-order valence-corrected chi connectivity index (χ4v) is 1.90. The molecule has 0 aromatic heterocycles. The van der Waals surface area contributed by atoms with Crippen molar-refractivity contribution in [3.63, 3.8) is 0 Å². The summed E-state index contributed by atoms with van der Waals surface area (Å²) >= 11 is 0. The number of hydrogen-bond acceptors (Lipinski definition) is 2. The zero-order chi connectivity index (χ0) is 12.2. The Bertz CT molecular complexity index is 127. The fraction of sp³-hybridized carbons (Fsp3) is 1.00. The van der Waals surface area contributed by atoms with E-state index in [9.17, 15) is 0 Å². The van der Waals surface area contributed by atoms with E-state index in [0.29, 0.717) is 6.04 Å². The van der Waals surface area contributed by atoms with Gasteiger partial charge in [0.25, 0.3) is 0 Å². The summed E-state index contributed by atoms with van der Waals surface area (Å²) in [6, 6.07) is 0.375. The maximum atomic E-state index is 5.76. The smallest absolute Gasteiger partial charge is 0.00104 e. The molecule has 98 valence electrons. The Labute approximate surface area is 103 Å². The number of rotatable bonds is 11. The Kier molecular flexibility index (Phi) is 11.3. The highest BCUT2D eigenvalue weighted by atomic mass is 15.1. The molecule has 1 atom stereocenters. The molecule has 0 saturated heterocycles. The molecule has 0 aromatic carbocycles. The molecule has 0 spiro atoms. The summed E-state index contributed by atoms with van der Waals surface area (Å²) in [5.41, 5.74) is 5.76. The van der Waals surface area contributed by atoms with Crippen LogP contribution in [0.25, 0.3) is 0 Å². The third-order valence-corrected chi connectivity index (χ3v) is 3.04. The maximum absolute atomic E-state index is 5.76. The minimum absolute atomic E-state index is 0.375. The van der Waals surface area contributed by atoms with Crippen LogP contribution in [0.15, 0.2) is 0 Å². The van der Waals surface area contributed by atoms with E-state index < -0.39 is 0 Å². The minimum Gasteiger partial charge on any atom is -0.328 e. The molecule has 0 aromatic rings. The van der Waals surface area contributed by atoms with Crippen molar-refractivity contribution >= 4 is 0 Å². The van der Waals surface area contributed by atoms with Crippen LogP contribution < -0.4 is 5.73 Å². The molecule has 16 heavy (non-hydrogen) atoms. The van der Waals surface area contributed by atoms with Crippen LogP contribution in [0.5, 0.6) is 0 Å². The standard InChI is InChI=1S/C14H32N2/c1-4-6-11-16(12-7-5-2)13-9-8-10-14(3)15/h14H,4-13,15H2,1-3H3. The van der Waals surface area contributed by atoms with Crippen LogP contribution >= 0.6 is 0 Å². The van der Waals surface area contributed by atoms with Gasteiger partial charge in [-0.3, -0.25) is 0 Å². The lowest BCUT2D eigenvalue weighted by molar-refractivity contribution is 0.258. The topological polar surface area (TPSA) is 29.3 Å². The van der Waals surface area contributed by atoms with Crippen LogP contribution in [0.2, 0.25) is 0 Å². The molecule has 0 aliphatic heterocycles. The van der Waals surface area contributed by atoms with Gasteiger partial charge in [-0.1, -0.05) is 33.1 Å². The van der Waals surface area contributed by atoms with Crippen LogP contribution in [0.4, 0.5) is 0 Å². The molecule has 0 aliphatic carbocycles. The zero-order valence-corrected chi connectivity index (χ0v) is 11.7. The Morgan fingerprint density at radius 1 is 0.875 bits per heavy atom. The fourth-order valence-electron chi connectivity index (χ4n) is 1.90. The zero-order valence-electron chi connectivity index (χ0n) is 11.7. The summed E-state index contributed by atoms with van der Waals surface area (Å²) in [6.45, 7) is 10.5. The summed E-state index contributed by atoms with van der Waals surface area (Å²) < 4.78 is 0. The summed E-state index contributed by atoms with van der Waals surface area (Å²) in [5.74, 6) is 0. The van der Waals surface area contributed by atoms with Gasteiger partial charge in [0, 0.05) is 6.04 Å².